The van der Waals surface area contributed by atoms with E-state index in [0.717, 1.165) is 10.0 Å². The van der Waals surface area contributed by atoms with Gasteiger partial charge in [-0.05, 0) is 86.7 Å². The molecule has 1 aliphatic heterocycles. The molecule has 1 aromatic heterocycles. The van der Waals surface area contributed by atoms with Gasteiger partial charge in [-0.3, -0.25) is 19.8 Å². The van der Waals surface area contributed by atoms with E-state index in [1.54, 1.807) is 72.6 Å². The Morgan fingerprint density at radius 3 is 2.42 bits per heavy atom. The standard InChI is InChI=1S/C30H29BrN6O6S2/c1-4-42-23-13-11-22(12-14-23)37-29(39)25(17-27(38)32-21-9-7-20(31)8-10-21)36(30(37)44)18-26-28(43-34-35(26)3)33-45(40,41)24-15-5-19(2)6-16-24/h5-16,25H,4,17-18H2,1-3H3,(H,32,38)/b33-28-. The molecule has 3 aromatic carbocycles. The van der Waals surface area contributed by atoms with Crippen LogP contribution in [0.4, 0.5) is 11.4 Å². The van der Waals surface area contributed by atoms with Crippen LogP contribution < -0.4 is 30.5 Å². The third-order valence-electron chi connectivity index (χ3n) is 6.96. The normalized spacial score (nSPS) is 15.6. The van der Waals surface area contributed by atoms with E-state index in [1.165, 1.54) is 21.7 Å². The number of sulfonamides is 1. The average Bonchev–Trinajstić information content (AvgIpc) is 3.45. The first-order chi connectivity index (χ1) is 21.5. The van der Waals surface area contributed by atoms with Gasteiger partial charge in [0.2, 0.25) is 5.91 Å². The van der Waals surface area contributed by atoms with Crippen molar-refractivity contribution in [3.8, 4) is 5.75 Å². The van der Waals surface area contributed by atoms with Crippen LogP contribution in [0, 0.1) is 6.92 Å². The Bertz CT molecular complexity index is 1910. The second-order valence-electron chi connectivity index (χ2n) is 10.1. The van der Waals surface area contributed by atoms with Crippen LogP contribution in [0.15, 0.2) is 91.1 Å². The number of hydrogen-bond acceptors (Lipinski definition) is 7. The third-order valence-corrected chi connectivity index (χ3v) is 9.18. The number of hydrogen-bond donors (Lipinski definition) is 1. The summed E-state index contributed by atoms with van der Waals surface area (Å²) in [5.41, 5.74) is 1.88. The number of aromatic nitrogens is 2. The number of anilines is 2. The van der Waals surface area contributed by atoms with Crippen LogP contribution in [0.3, 0.4) is 0 Å². The summed E-state index contributed by atoms with van der Waals surface area (Å²) in [6, 6.07) is 19.1. The molecule has 12 nitrogen and oxygen atoms in total. The number of thiocarbonyl (C=S) groups is 1. The molecule has 0 aliphatic carbocycles. The minimum atomic E-state index is -4.16. The van der Waals surface area contributed by atoms with Gasteiger partial charge in [-0.25, -0.2) is 4.68 Å². The van der Waals surface area contributed by atoms with Crippen LogP contribution in [-0.4, -0.2) is 42.9 Å². The number of halogens is 1. The van der Waals surface area contributed by atoms with Crippen LogP contribution in [0.5, 0.6) is 5.75 Å². The molecule has 0 saturated carbocycles. The molecule has 45 heavy (non-hydrogen) atoms. The van der Waals surface area contributed by atoms with Gasteiger partial charge in [0.15, 0.2) is 5.11 Å². The Kier molecular flexibility index (Phi) is 9.51. The highest BCUT2D eigenvalue weighted by atomic mass is 79.9. The zero-order valence-electron chi connectivity index (χ0n) is 24.5. The lowest BCUT2D eigenvalue weighted by molar-refractivity contribution is -0.752. The molecular formula is C30H29BrN6O6S2. The molecular weight excluding hydrogens is 684 g/mol. The Morgan fingerprint density at radius 2 is 1.78 bits per heavy atom. The molecule has 0 spiro atoms. The van der Waals surface area contributed by atoms with Crippen LogP contribution in [0.25, 0.3) is 0 Å². The highest BCUT2D eigenvalue weighted by molar-refractivity contribution is 9.10. The van der Waals surface area contributed by atoms with E-state index in [2.05, 4.69) is 30.9 Å². The van der Waals surface area contributed by atoms with E-state index in [9.17, 15) is 18.0 Å². The summed E-state index contributed by atoms with van der Waals surface area (Å²) < 4.78 is 43.1. The molecule has 4 aromatic rings. The molecule has 1 aliphatic rings. The fourth-order valence-corrected chi connectivity index (χ4v) is 6.24. The Labute approximate surface area is 273 Å². The van der Waals surface area contributed by atoms with Gasteiger partial charge >= 0.3 is 0 Å². The summed E-state index contributed by atoms with van der Waals surface area (Å²) in [7, 11) is -2.61. The Morgan fingerprint density at radius 1 is 1.11 bits per heavy atom. The molecule has 15 heteroatoms. The number of amides is 2. The lowest BCUT2D eigenvalue weighted by Crippen LogP contribution is -2.45. The smallest absolute Gasteiger partial charge is 0.289 e. The first kappa shape index (κ1) is 32.1. The summed E-state index contributed by atoms with van der Waals surface area (Å²) in [5.74, 6) is -0.225. The zero-order chi connectivity index (χ0) is 32.3. The van der Waals surface area contributed by atoms with Crippen molar-refractivity contribution in [3.63, 3.8) is 0 Å². The van der Waals surface area contributed by atoms with Gasteiger partial charge in [-0.2, -0.15) is 8.42 Å². The summed E-state index contributed by atoms with van der Waals surface area (Å²) in [4.78, 5) is 30.0. The molecule has 1 atom stereocenters. The first-order valence-corrected chi connectivity index (χ1v) is 16.4. The van der Waals surface area contributed by atoms with Crippen molar-refractivity contribution < 1.29 is 31.9 Å². The van der Waals surface area contributed by atoms with E-state index >= 15 is 0 Å². The van der Waals surface area contributed by atoms with Crippen LogP contribution in [0.2, 0.25) is 0 Å². The van der Waals surface area contributed by atoms with Gasteiger partial charge in [0.1, 0.15) is 25.4 Å². The van der Waals surface area contributed by atoms with E-state index in [0.29, 0.717) is 23.7 Å². The van der Waals surface area contributed by atoms with Gasteiger partial charge < -0.3 is 19.5 Å². The molecule has 0 bridgehead atoms. The van der Waals surface area contributed by atoms with E-state index in [-0.39, 0.29) is 34.2 Å². The lowest BCUT2D eigenvalue weighted by atomic mass is 10.1. The van der Waals surface area contributed by atoms with E-state index in [1.807, 2.05) is 13.8 Å². The Balaban J connectivity index is 1.49. The molecule has 1 N–H and O–H groups in total. The van der Waals surface area contributed by atoms with Gasteiger partial charge in [0.05, 0.1) is 23.6 Å². The lowest BCUT2D eigenvalue weighted by Gasteiger charge is -2.22. The molecule has 1 saturated heterocycles. The second-order valence-corrected chi connectivity index (χ2v) is 13.0. The molecule has 1 fully saturated rings. The molecule has 234 valence electrons. The number of aryl methyl sites for hydroxylation is 2. The van der Waals surface area contributed by atoms with Crippen molar-refractivity contribution in [2.45, 2.75) is 37.8 Å². The highest BCUT2D eigenvalue weighted by Gasteiger charge is 2.45. The number of ether oxygens (including phenoxy) is 1. The van der Waals surface area contributed by atoms with Crippen molar-refractivity contribution in [2.24, 2.45) is 11.4 Å². The van der Waals surface area contributed by atoms with Crippen LogP contribution >= 0.6 is 28.1 Å². The number of nitrogens with one attached hydrogen (secondary N) is 1. The summed E-state index contributed by atoms with van der Waals surface area (Å²) in [5, 5.41) is 6.79. The minimum Gasteiger partial charge on any atom is -0.494 e. The minimum absolute atomic E-state index is 0.0193. The maximum absolute atomic E-state index is 13.9. The fourth-order valence-electron chi connectivity index (χ4n) is 4.64. The number of rotatable bonds is 10. The predicted molar refractivity (Wildman–Crippen MR) is 172 cm³/mol. The van der Waals surface area contributed by atoms with Gasteiger partial charge in [0, 0.05) is 10.2 Å². The zero-order valence-corrected chi connectivity index (χ0v) is 27.7. The number of carbonyl (C=O) groups excluding carboxylic acids is 2. The maximum atomic E-state index is 13.9. The van der Waals surface area contributed by atoms with Crippen molar-refractivity contribution in [1.29, 1.82) is 0 Å². The quantitative estimate of drug-likeness (QED) is 0.194. The van der Waals surface area contributed by atoms with Gasteiger partial charge in [0.25, 0.3) is 27.2 Å². The van der Waals surface area contributed by atoms with Crippen LogP contribution in [0.1, 0.15) is 24.6 Å². The van der Waals surface area contributed by atoms with E-state index < -0.39 is 27.9 Å². The average molecular weight is 714 g/mol. The Hall–Kier alpha value is -4.34. The number of nitrogens with zero attached hydrogens (tertiary/aromatic N) is 5. The third kappa shape index (κ3) is 7.16. The van der Waals surface area contributed by atoms with Crippen molar-refractivity contribution in [3.05, 3.63) is 94.1 Å². The summed E-state index contributed by atoms with van der Waals surface area (Å²) >= 11 is 9.16. The molecule has 5 rings (SSSR count). The number of benzene rings is 3. The van der Waals surface area contributed by atoms with Gasteiger partial charge in [-0.1, -0.05) is 33.6 Å². The van der Waals surface area contributed by atoms with Crippen LogP contribution in [-0.2, 0) is 33.2 Å². The van der Waals surface area contributed by atoms with Crippen molar-refractivity contribution in [1.82, 2.24) is 10.2 Å². The van der Waals surface area contributed by atoms with Crippen molar-refractivity contribution >= 4 is 66.5 Å². The van der Waals surface area contributed by atoms with Crippen molar-refractivity contribution in [2.75, 3.05) is 16.8 Å². The molecule has 2 heterocycles. The summed E-state index contributed by atoms with van der Waals surface area (Å²) in [6.07, 6.45) is -0.244. The SMILES string of the molecule is CCOc1ccc(N2C(=O)C(CC(=O)Nc3ccc(Br)cc3)N(Cc3/c(=N/S(=O)(=O)c4ccc(C)cc4)o[n-][n+]3C)C2=S)cc1. The molecule has 2 amide bonds. The highest BCUT2D eigenvalue weighted by Crippen LogP contribution is 2.30. The number of carbonyl (C=O) groups is 2. The molecule has 0 radical (unpaired) electrons. The first-order valence-electron chi connectivity index (χ1n) is 13.8. The van der Waals surface area contributed by atoms with Gasteiger partial charge in [-0.15, -0.1) is 4.40 Å². The van der Waals surface area contributed by atoms with E-state index in [4.69, 9.17) is 21.5 Å². The monoisotopic (exact) mass is 712 g/mol. The predicted octanol–water partition coefficient (Wildman–Crippen LogP) is 3.35. The molecule has 1 unspecified atom stereocenters. The topological polar surface area (TPSA) is 140 Å². The summed E-state index contributed by atoms with van der Waals surface area (Å²) in [6.45, 7) is 4.06. The largest absolute Gasteiger partial charge is 0.494 e. The fraction of sp³-hybridized carbons (Fsp3) is 0.233. The second kappa shape index (κ2) is 13.3. The maximum Gasteiger partial charge on any atom is 0.289 e.